The molecular formula is C10H12BrF3N2S. The summed E-state index contributed by atoms with van der Waals surface area (Å²) >= 11 is 4.81. The monoisotopic (exact) mass is 328 g/mol. The Morgan fingerprint density at radius 3 is 2.88 bits per heavy atom. The first-order valence-corrected chi connectivity index (χ1v) is 7.01. The van der Waals surface area contributed by atoms with E-state index in [-0.39, 0.29) is 13.0 Å². The Bertz CT molecular complexity index is 380. The molecule has 0 aromatic carbocycles. The van der Waals surface area contributed by atoms with Gasteiger partial charge in [-0.15, -0.1) is 11.3 Å². The molecule has 0 radical (unpaired) electrons. The van der Waals surface area contributed by atoms with Crippen LogP contribution in [0.1, 0.15) is 18.5 Å². The van der Waals surface area contributed by atoms with Gasteiger partial charge < -0.3 is 0 Å². The summed E-state index contributed by atoms with van der Waals surface area (Å²) in [5, 5.41) is 0. The molecule has 0 spiro atoms. The van der Waals surface area contributed by atoms with Crippen LogP contribution < -0.4 is 0 Å². The summed E-state index contributed by atoms with van der Waals surface area (Å²) in [4.78, 5) is 5.98. The van der Waals surface area contributed by atoms with E-state index in [4.69, 9.17) is 0 Å². The van der Waals surface area contributed by atoms with E-state index in [9.17, 15) is 13.2 Å². The number of nitrogens with zero attached hydrogens (tertiary/aromatic N) is 2. The maximum atomic E-state index is 12.6. The fraction of sp³-hybridized carbons (Fsp3) is 0.700. The van der Waals surface area contributed by atoms with Gasteiger partial charge in [0, 0.05) is 13.1 Å². The standard InChI is InChI=1S/C10H12BrF3N2S/c11-9-8(15-6-17-9)5-16-3-1-2-7(4-16)10(12,13)14/h6-7H,1-5H2. The molecule has 2 heterocycles. The normalized spacial score (nSPS) is 22.9. The summed E-state index contributed by atoms with van der Waals surface area (Å²) in [5.41, 5.74) is 2.53. The van der Waals surface area contributed by atoms with E-state index in [1.54, 1.807) is 5.51 Å². The summed E-state index contributed by atoms with van der Waals surface area (Å²) in [6.07, 6.45) is -3.22. The van der Waals surface area contributed by atoms with Gasteiger partial charge in [-0.3, -0.25) is 4.90 Å². The minimum absolute atomic E-state index is 0.0907. The average Bonchev–Trinajstić information content (AvgIpc) is 2.64. The van der Waals surface area contributed by atoms with E-state index in [0.29, 0.717) is 13.0 Å². The molecule has 1 aliphatic rings. The predicted octanol–water partition coefficient (Wildman–Crippen LogP) is 3.68. The summed E-state index contributed by atoms with van der Waals surface area (Å²) in [6.45, 7) is 1.31. The SMILES string of the molecule is FC(F)(F)C1CCCN(Cc2ncsc2Br)C1. The zero-order chi connectivity index (χ0) is 12.5. The van der Waals surface area contributed by atoms with Gasteiger partial charge >= 0.3 is 6.18 Å². The maximum Gasteiger partial charge on any atom is 0.393 e. The van der Waals surface area contributed by atoms with Gasteiger partial charge in [0.05, 0.1) is 20.9 Å². The molecule has 1 aliphatic heterocycles. The maximum absolute atomic E-state index is 12.6. The van der Waals surface area contributed by atoms with Gasteiger partial charge in [-0.25, -0.2) is 4.98 Å². The molecule has 0 saturated carbocycles. The predicted molar refractivity (Wildman–Crippen MR) is 63.9 cm³/mol. The Hall–Kier alpha value is -0.140. The van der Waals surface area contributed by atoms with Crippen LogP contribution >= 0.6 is 27.3 Å². The van der Waals surface area contributed by atoms with Crippen molar-refractivity contribution < 1.29 is 13.2 Å². The summed E-state index contributed by atoms with van der Waals surface area (Å²) in [7, 11) is 0. The second-order valence-electron chi connectivity index (χ2n) is 4.19. The van der Waals surface area contributed by atoms with Gasteiger partial charge in [-0.2, -0.15) is 13.2 Å². The van der Waals surface area contributed by atoms with Crippen LogP contribution in [-0.2, 0) is 6.54 Å². The number of alkyl halides is 3. The average molecular weight is 329 g/mol. The molecule has 1 unspecified atom stereocenters. The molecule has 0 bridgehead atoms. The smallest absolute Gasteiger partial charge is 0.297 e. The van der Waals surface area contributed by atoms with E-state index >= 15 is 0 Å². The lowest BCUT2D eigenvalue weighted by atomic mass is 9.97. The lowest BCUT2D eigenvalue weighted by molar-refractivity contribution is -0.187. The van der Waals surface area contributed by atoms with Crippen LogP contribution in [0.5, 0.6) is 0 Å². The zero-order valence-electron chi connectivity index (χ0n) is 9.00. The number of likely N-dealkylation sites (tertiary alicyclic amines) is 1. The number of rotatable bonds is 2. The number of aromatic nitrogens is 1. The van der Waals surface area contributed by atoms with Gasteiger partial charge in [0.25, 0.3) is 0 Å². The Kier molecular flexibility index (Phi) is 4.10. The molecule has 17 heavy (non-hydrogen) atoms. The first kappa shape index (κ1) is 13.3. The zero-order valence-corrected chi connectivity index (χ0v) is 11.4. The van der Waals surface area contributed by atoms with Gasteiger partial charge in [-0.1, -0.05) is 0 Å². The van der Waals surface area contributed by atoms with Crippen molar-refractivity contribution in [3.63, 3.8) is 0 Å². The highest BCUT2D eigenvalue weighted by Crippen LogP contribution is 2.34. The summed E-state index contributed by atoms with van der Waals surface area (Å²) < 4.78 is 38.8. The summed E-state index contributed by atoms with van der Waals surface area (Å²) in [6, 6.07) is 0. The number of halogens is 4. The van der Waals surface area contributed by atoms with Gasteiger partial charge in [-0.05, 0) is 35.3 Å². The molecule has 1 aromatic rings. The fourth-order valence-corrected chi connectivity index (χ4v) is 3.04. The highest BCUT2D eigenvalue weighted by Gasteiger charge is 2.41. The van der Waals surface area contributed by atoms with Crippen molar-refractivity contribution in [2.45, 2.75) is 25.6 Å². The van der Waals surface area contributed by atoms with Crippen molar-refractivity contribution in [3.8, 4) is 0 Å². The first-order chi connectivity index (χ1) is 7.97. The van der Waals surface area contributed by atoms with Crippen LogP contribution in [0, 0.1) is 5.92 Å². The van der Waals surface area contributed by atoms with E-state index in [0.717, 1.165) is 16.0 Å². The highest BCUT2D eigenvalue weighted by atomic mass is 79.9. The second kappa shape index (κ2) is 5.24. The number of hydrogen-bond acceptors (Lipinski definition) is 3. The van der Waals surface area contributed by atoms with Crippen LogP contribution in [0.4, 0.5) is 13.2 Å². The Morgan fingerprint density at radius 1 is 1.53 bits per heavy atom. The van der Waals surface area contributed by atoms with Crippen molar-refractivity contribution in [1.29, 1.82) is 0 Å². The molecule has 0 aliphatic carbocycles. The molecule has 96 valence electrons. The number of thiazole rings is 1. The van der Waals surface area contributed by atoms with E-state index in [1.165, 1.54) is 11.3 Å². The van der Waals surface area contributed by atoms with Crippen LogP contribution in [0.25, 0.3) is 0 Å². The third kappa shape index (κ3) is 3.42. The molecular weight excluding hydrogens is 317 g/mol. The van der Waals surface area contributed by atoms with E-state index in [2.05, 4.69) is 20.9 Å². The van der Waals surface area contributed by atoms with Crippen molar-refractivity contribution in [2.24, 2.45) is 5.92 Å². The lowest BCUT2D eigenvalue weighted by Gasteiger charge is -2.33. The van der Waals surface area contributed by atoms with Crippen LogP contribution in [0.2, 0.25) is 0 Å². The molecule has 1 aromatic heterocycles. The highest BCUT2D eigenvalue weighted by molar-refractivity contribution is 9.11. The van der Waals surface area contributed by atoms with Crippen molar-refractivity contribution >= 4 is 27.3 Å². The third-order valence-corrected chi connectivity index (χ3v) is 4.61. The van der Waals surface area contributed by atoms with Gasteiger partial charge in [0.2, 0.25) is 0 Å². The van der Waals surface area contributed by atoms with Crippen LogP contribution in [0.3, 0.4) is 0 Å². The molecule has 0 amide bonds. The molecule has 1 saturated heterocycles. The molecule has 1 fully saturated rings. The Balaban J connectivity index is 1.96. The van der Waals surface area contributed by atoms with Gasteiger partial charge in [0.1, 0.15) is 0 Å². The molecule has 2 rings (SSSR count). The quantitative estimate of drug-likeness (QED) is 0.823. The topological polar surface area (TPSA) is 16.1 Å². The number of piperidine rings is 1. The van der Waals surface area contributed by atoms with Crippen LogP contribution in [-0.4, -0.2) is 29.1 Å². The summed E-state index contributed by atoms with van der Waals surface area (Å²) in [5.74, 6) is -1.19. The second-order valence-corrected chi connectivity index (χ2v) is 6.36. The van der Waals surface area contributed by atoms with Gasteiger partial charge in [0.15, 0.2) is 0 Å². The molecule has 7 heteroatoms. The minimum atomic E-state index is -4.07. The van der Waals surface area contributed by atoms with Crippen molar-refractivity contribution in [3.05, 3.63) is 15.0 Å². The van der Waals surface area contributed by atoms with E-state index in [1.807, 2.05) is 4.90 Å². The van der Waals surface area contributed by atoms with E-state index < -0.39 is 12.1 Å². The molecule has 0 N–H and O–H groups in total. The largest absolute Gasteiger partial charge is 0.393 e. The first-order valence-electron chi connectivity index (χ1n) is 5.33. The Labute approximate surface area is 110 Å². The molecule has 2 nitrogen and oxygen atoms in total. The van der Waals surface area contributed by atoms with Crippen molar-refractivity contribution in [2.75, 3.05) is 13.1 Å². The Morgan fingerprint density at radius 2 is 2.29 bits per heavy atom. The van der Waals surface area contributed by atoms with Crippen LogP contribution in [0.15, 0.2) is 9.30 Å². The number of hydrogen-bond donors (Lipinski definition) is 0. The minimum Gasteiger partial charge on any atom is -0.297 e. The third-order valence-electron chi connectivity index (χ3n) is 2.93. The molecule has 1 atom stereocenters. The fourth-order valence-electron chi connectivity index (χ4n) is 2.04. The van der Waals surface area contributed by atoms with Crippen molar-refractivity contribution in [1.82, 2.24) is 9.88 Å². The lowest BCUT2D eigenvalue weighted by Crippen LogP contribution is -2.41.